The van der Waals surface area contributed by atoms with Crippen molar-refractivity contribution in [3.05, 3.63) is 41.2 Å². The molecule has 0 saturated heterocycles. The third-order valence-electron chi connectivity index (χ3n) is 5.69. The van der Waals surface area contributed by atoms with Crippen LogP contribution in [0.5, 0.6) is 0 Å². The first-order valence-corrected chi connectivity index (χ1v) is 10.0. The van der Waals surface area contributed by atoms with Gasteiger partial charge in [0.15, 0.2) is 5.65 Å². The summed E-state index contributed by atoms with van der Waals surface area (Å²) in [5, 5.41) is 18.1. The number of nitrogens with zero attached hydrogens (tertiary/aromatic N) is 5. The smallest absolute Gasteiger partial charge is 0.255 e. The summed E-state index contributed by atoms with van der Waals surface area (Å²) in [5.41, 5.74) is 3.57. The summed E-state index contributed by atoms with van der Waals surface area (Å²) in [5.74, 6) is -0.000406. The quantitative estimate of drug-likeness (QED) is 0.526. The average Bonchev–Trinajstić information content (AvgIpc) is 3.31. The number of benzene rings is 1. The van der Waals surface area contributed by atoms with Gasteiger partial charge in [-0.15, -0.1) is 0 Å². The molecule has 1 saturated carbocycles. The van der Waals surface area contributed by atoms with E-state index in [0.717, 1.165) is 17.3 Å². The Hall–Kier alpha value is -3.44. The molecule has 4 aromatic rings. The van der Waals surface area contributed by atoms with Crippen molar-refractivity contribution >= 4 is 39.6 Å². The molecule has 1 aromatic carbocycles. The van der Waals surface area contributed by atoms with Gasteiger partial charge in [-0.1, -0.05) is 11.6 Å². The van der Waals surface area contributed by atoms with E-state index >= 15 is 0 Å². The fourth-order valence-electron chi connectivity index (χ4n) is 3.91. The van der Waals surface area contributed by atoms with Crippen molar-refractivity contribution in [1.82, 2.24) is 30.0 Å². The van der Waals surface area contributed by atoms with Crippen molar-refractivity contribution < 1.29 is 4.79 Å². The molecule has 9 heteroatoms. The van der Waals surface area contributed by atoms with Crippen molar-refractivity contribution in [2.24, 2.45) is 18.9 Å². The number of hydrogen-bond donors (Lipinski definition) is 2. The molecule has 1 fully saturated rings. The SMILES string of the molecule is CC(NC(=O)c1c[nH]c2ncc(-c3nn(C)c4cc(Cl)ccc34)nc12)C1C[C@H]1C#N. The maximum atomic E-state index is 12.8. The summed E-state index contributed by atoms with van der Waals surface area (Å²) >= 11 is 6.12. The van der Waals surface area contributed by atoms with E-state index in [1.165, 1.54) is 0 Å². The Bertz CT molecular complexity index is 1350. The van der Waals surface area contributed by atoms with Gasteiger partial charge in [0, 0.05) is 29.7 Å². The number of carbonyl (C=O) groups is 1. The molecule has 0 aliphatic heterocycles. The molecule has 150 valence electrons. The molecule has 0 radical (unpaired) electrons. The van der Waals surface area contributed by atoms with Gasteiger partial charge in [0.2, 0.25) is 0 Å². The van der Waals surface area contributed by atoms with Crippen LogP contribution in [0.15, 0.2) is 30.6 Å². The molecule has 8 nitrogen and oxygen atoms in total. The third kappa shape index (κ3) is 2.99. The lowest BCUT2D eigenvalue weighted by Gasteiger charge is -2.12. The first kappa shape index (κ1) is 18.6. The number of nitrogens with one attached hydrogen (secondary N) is 2. The number of carbonyl (C=O) groups excluding carboxylic acids is 1. The molecule has 5 rings (SSSR count). The first-order chi connectivity index (χ1) is 14.5. The number of fused-ring (bicyclic) bond motifs is 2. The van der Waals surface area contributed by atoms with Crippen molar-refractivity contribution in [1.29, 1.82) is 5.26 Å². The molecule has 0 bridgehead atoms. The number of H-pyrrole nitrogens is 1. The average molecular weight is 420 g/mol. The molecule has 1 aliphatic carbocycles. The third-order valence-corrected chi connectivity index (χ3v) is 5.92. The lowest BCUT2D eigenvalue weighted by Crippen LogP contribution is -2.34. The highest BCUT2D eigenvalue weighted by molar-refractivity contribution is 6.31. The Morgan fingerprint density at radius 3 is 3.07 bits per heavy atom. The van der Waals surface area contributed by atoms with Crippen LogP contribution in [0.4, 0.5) is 0 Å². The van der Waals surface area contributed by atoms with Crippen LogP contribution in [-0.2, 0) is 7.05 Å². The summed E-state index contributed by atoms with van der Waals surface area (Å²) in [4.78, 5) is 25.0. The molecule has 3 aromatic heterocycles. The monoisotopic (exact) mass is 419 g/mol. The predicted molar refractivity (Wildman–Crippen MR) is 113 cm³/mol. The number of hydrogen-bond acceptors (Lipinski definition) is 5. The summed E-state index contributed by atoms with van der Waals surface area (Å²) < 4.78 is 1.75. The van der Waals surface area contributed by atoms with Gasteiger partial charge in [0.1, 0.15) is 16.9 Å². The van der Waals surface area contributed by atoms with Crippen molar-refractivity contribution in [3.8, 4) is 17.5 Å². The minimum absolute atomic E-state index is 0.0283. The minimum atomic E-state index is -0.235. The van der Waals surface area contributed by atoms with Crippen LogP contribution in [0.2, 0.25) is 5.02 Å². The standard InChI is InChI=1S/C21H18ClN7O/c1-10(14-5-11(14)7-23)26-21(30)15-8-24-20-19(15)27-16(9-25-20)18-13-4-3-12(22)6-17(13)29(2)28-18/h3-4,6,8-11,14H,5H2,1-2H3,(H,24,25)(H,26,30)/t10?,11-,14?/m0/s1. The molecule has 30 heavy (non-hydrogen) atoms. The van der Waals surface area contributed by atoms with Crippen LogP contribution in [0.1, 0.15) is 23.7 Å². The fourth-order valence-corrected chi connectivity index (χ4v) is 4.07. The molecule has 2 N–H and O–H groups in total. The molecular formula is C21H18ClN7O. The van der Waals surface area contributed by atoms with Crippen LogP contribution >= 0.6 is 11.6 Å². The molecule has 3 heterocycles. The van der Waals surface area contributed by atoms with Gasteiger partial charge in [-0.25, -0.2) is 9.97 Å². The van der Waals surface area contributed by atoms with Gasteiger partial charge in [-0.2, -0.15) is 10.4 Å². The number of amides is 1. The highest BCUT2D eigenvalue weighted by Crippen LogP contribution is 2.40. The van der Waals surface area contributed by atoms with Crippen LogP contribution in [0.3, 0.4) is 0 Å². The van der Waals surface area contributed by atoms with Crippen molar-refractivity contribution in [3.63, 3.8) is 0 Å². The Kier molecular flexibility index (Phi) is 4.22. The lowest BCUT2D eigenvalue weighted by molar-refractivity contribution is 0.0937. The van der Waals surface area contributed by atoms with Crippen LogP contribution in [0.25, 0.3) is 33.5 Å². The van der Waals surface area contributed by atoms with Gasteiger partial charge in [-0.3, -0.25) is 9.48 Å². The van der Waals surface area contributed by atoms with E-state index in [1.54, 1.807) is 17.1 Å². The molecular weight excluding hydrogens is 402 g/mol. The number of aromatic amines is 1. The van der Waals surface area contributed by atoms with Gasteiger partial charge in [0.05, 0.1) is 29.3 Å². The maximum Gasteiger partial charge on any atom is 0.255 e. The highest BCUT2D eigenvalue weighted by Gasteiger charge is 2.42. The molecule has 0 spiro atoms. The fraction of sp³-hybridized carbons (Fsp3) is 0.286. The van der Waals surface area contributed by atoms with Crippen molar-refractivity contribution in [2.75, 3.05) is 0 Å². The van der Waals surface area contributed by atoms with Gasteiger partial charge < -0.3 is 10.3 Å². The van der Waals surface area contributed by atoms with Crippen molar-refractivity contribution in [2.45, 2.75) is 19.4 Å². The maximum absolute atomic E-state index is 12.8. The second-order valence-electron chi connectivity index (χ2n) is 7.69. The number of rotatable bonds is 4. The summed E-state index contributed by atoms with van der Waals surface area (Å²) in [6, 6.07) is 7.74. The largest absolute Gasteiger partial charge is 0.349 e. The second-order valence-corrected chi connectivity index (χ2v) is 8.12. The number of nitriles is 1. The second kappa shape index (κ2) is 6.82. The van der Waals surface area contributed by atoms with Crippen LogP contribution < -0.4 is 5.32 Å². The van der Waals surface area contributed by atoms with E-state index < -0.39 is 0 Å². The first-order valence-electron chi connectivity index (χ1n) is 9.63. The van der Waals surface area contributed by atoms with E-state index in [1.807, 2.05) is 32.2 Å². The molecule has 1 aliphatic rings. The highest BCUT2D eigenvalue weighted by atomic mass is 35.5. The summed E-state index contributed by atoms with van der Waals surface area (Å²) in [7, 11) is 1.84. The Morgan fingerprint density at radius 1 is 1.47 bits per heavy atom. The zero-order valence-electron chi connectivity index (χ0n) is 16.3. The molecule has 2 unspecified atom stereocenters. The van der Waals surface area contributed by atoms with E-state index in [-0.39, 0.29) is 23.8 Å². The van der Waals surface area contributed by atoms with E-state index in [4.69, 9.17) is 21.8 Å². The zero-order chi connectivity index (χ0) is 21.0. The Labute approximate surface area is 176 Å². The van der Waals surface area contributed by atoms with E-state index in [9.17, 15) is 4.79 Å². The summed E-state index contributed by atoms with van der Waals surface area (Å²) in [6.07, 6.45) is 4.08. The van der Waals surface area contributed by atoms with Gasteiger partial charge in [-0.05, 0) is 37.5 Å². The number of aromatic nitrogens is 5. The Morgan fingerprint density at radius 2 is 2.30 bits per heavy atom. The summed E-state index contributed by atoms with van der Waals surface area (Å²) in [6.45, 7) is 1.93. The minimum Gasteiger partial charge on any atom is -0.349 e. The zero-order valence-corrected chi connectivity index (χ0v) is 17.1. The van der Waals surface area contributed by atoms with Gasteiger partial charge in [0.25, 0.3) is 5.91 Å². The molecule has 3 atom stereocenters. The molecule has 1 amide bonds. The number of halogens is 1. The topological polar surface area (TPSA) is 112 Å². The van der Waals surface area contributed by atoms with Gasteiger partial charge >= 0.3 is 0 Å². The Balaban J connectivity index is 1.51. The van der Waals surface area contributed by atoms with Crippen LogP contribution in [-0.4, -0.2) is 36.7 Å². The van der Waals surface area contributed by atoms with Crippen LogP contribution in [0, 0.1) is 23.2 Å². The predicted octanol–water partition coefficient (Wildman–Crippen LogP) is 3.44. The van der Waals surface area contributed by atoms with E-state index in [0.29, 0.717) is 33.1 Å². The van der Waals surface area contributed by atoms with E-state index in [2.05, 4.69) is 26.5 Å². The normalized spacial score (nSPS) is 19.0. The lowest BCUT2D eigenvalue weighted by atomic mass is 10.1. The number of aryl methyl sites for hydroxylation is 1.